The molecule has 3 nitrogen and oxygen atoms in total. The van der Waals surface area contributed by atoms with Crippen molar-refractivity contribution in [3.8, 4) is 5.75 Å². The number of aliphatic hydroxyl groups excluding tert-OH is 1. The molecule has 1 aromatic rings. The Labute approximate surface area is 120 Å². The van der Waals surface area contributed by atoms with Gasteiger partial charge < -0.3 is 14.9 Å². The van der Waals surface area contributed by atoms with Crippen LogP contribution in [0.4, 0.5) is 0 Å². The molecule has 5 unspecified atom stereocenters. The lowest BCUT2D eigenvalue weighted by Crippen LogP contribution is -2.53. The number of aliphatic hydroxyl groups is 1. The average Bonchev–Trinajstić information content (AvgIpc) is 2.45. The number of hydrogen-bond donors (Lipinski definition) is 2. The molecular formula is C17H24O3. The van der Waals surface area contributed by atoms with Gasteiger partial charge in [-0.3, -0.25) is 0 Å². The third kappa shape index (κ3) is 2.04. The van der Waals surface area contributed by atoms with Gasteiger partial charge in [-0.15, -0.1) is 0 Å². The first-order valence-corrected chi connectivity index (χ1v) is 7.59. The number of phenolic OH excluding ortho intramolecular Hbond substituents is 1. The monoisotopic (exact) mass is 276 g/mol. The van der Waals surface area contributed by atoms with E-state index in [0.29, 0.717) is 30.1 Å². The first-order chi connectivity index (χ1) is 9.57. The highest BCUT2D eigenvalue weighted by molar-refractivity contribution is 5.28. The third-order valence-electron chi connectivity index (χ3n) is 5.73. The Hall–Kier alpha value is -1.06. The summed E-state index contributed by atoms with van der Waals surface area (Å²) in [5, 5.41) is 19.3. The van der Waals surface area contributed by atoms with Crippen molar-refractivity contribution in [3.05, 3.63) is 29.8 Å². The molecule has 1 saturated carbocycles. The highest BCUT2D eigenvalue weighted by Gasteiger charge is 2.52. The van der Waals surface area contributed by atoms with Crippen molar-refractivity contribution in [3.63, 3.8) is 0 Å². The maximum absolute atomic E-state index is 9.83. The van der Waals surface area contributed by atoms with Gasteiger partial charge in [0.1, 0.15) is 5.75 Å². The number of benzene rings is 1. The van der Waals surface area contributed by atoms with E-state index < -0.39 is 0 Å². The molecule has 20 heavy (non-hydrogen) atoms. The molecule has 1 aliphatic carbocycles. The van der Waals surface area contributed by atoms with Gasteiger partial charge in [0.2, 0.25) is 0 Å². The van der Waals surface area contributed by atoms with Crippen LogP contribution in [0.3, 0.4) is 0 Å². The van der Waals surface area contributed by atoms with Crippen LogP contribution in [0.15, 0.2) is 24.3 Å². The van der Waals surface area contributed by atoms with Crippen molar-refractivity contribution < 1.29 is 14.9 Å². The fourth-order valence-electron chi connectivity index (χ4n) is 4.22. The van der Waals surface area contributed by atoms with E-state index in [-0.39, 0.29) is 18.1 Å². The zero-order valence-electron chi connectivity index (χ0n) is 12.2. The van der Waals surface area contributed by atoms with Gasteiger partial charge in [-0.25, -0.2) is 0 Å². The van der Waals surface area contributed by atoms with Crippen LogP contribution in [0.5, 0.6) is 5.75 Å². The topological polar surface area (TPSA) is 49.7 Å². The van der Waals surface area contributed by atoms with Crippen molar-refractivity contribution in [1.29, 1.82) is 0 Å². The summed E-state index contributed by atoms with van der Waals surface area (Å²) in [6.45, 7) is 5.43. The van der Waals surface area contributed by atoms with Crippen LogP contribution >= 0.6 is 0 Å². The van der Waals surface area contributed by atoms with Gasteiger partial charge in [-0.1, -0.05) is 26.0 Å². The van der Waals surface area contributed by atoms with Crippen molar-refractivity contribution in [1.82, 2.24) is 0 Å². The molecule has 3 rings (SSSR count). The van der Waals surface area contributed by atoms with Crippen LogP contribution < -0.4 is 0 Å². The summed E-state index contributed by atoms with van der Waals surface area (Å²) >= 11 is 0. The summed E-state index contributed by atoms with van der Waals surface area (Å²) in [6.07, 6.45) is 2.30. The largest absolute Gasteiger partial charge is 0.508 e. The van der Waals surface area contributed by atoms with Gasteiger partial charge in [0, 0.05) is 5.41 Å². The van der Waals surface area contributed by atoms with E-state index in [1.54, 1.807) is 12.1 Å². The fraction of sp³-hybridized carbons (Fsp3) is 0.647. The Morgan fingerprint density at radius 3 is 2.60 bits per heavy atom. The van der Waals surface area contributed by atoms with E-state index in [9.17, 15) is 10.2 Å². The minimum atomic E-state index is -0.0510. The summed E-state index contributed by atoms with van der Waals surface area (Å²) in [5.74, 6) is 1.79. The van der Waals surface area contributed by atoms with Crippen molar-refractivity contribution in [2.45, 2.75) is 32.8 Å². The molecule has 1 saturated heterocycles. The first-order valence-electron chi connectivity index (χ1n) is 7.59. The van der Waals surface area contributed by atoms with E-state index in [1.807, 2.05) is 12.1 Å². The van der Waals surface area contributed by atoms with Crippen LogP contribution in [0.1, 0.15) is 38.4 Å². The molecule has 0 spiro atoms. The van der Waals surface area contributed by atoms with Gasteiger partial charge in [0.15, 0.2) is 0 Å². The third-order valence-corrected chi connectivity index (χ3v) is 5.73. The number of aromatic hydroxyl groups is 1. The molecule has 5 atom stereocenters. The molecule has 110 valence electrons. The van der Waals surface area contributed by atoms with E-state index in [2.05, 4.69) is 13.8 Å². The molecular weight excluding hydrogens is 252 g/mol. The molecule has 2 aliphatic rings. The number of hydrogen-bond acceptors (Lipinski definition) is 3. The Morgan fingerprint density at radius 1 is 1.25 bits per heavy atom. The molecule has 0 amide bonds. The number of ether oxygens (including phenoxy) is 1. The zero-order chi connectivity index (χ0) is 14.3. The maximum Gasteiger partial charge on any atom is 0.115 e. The molecule has 2 bridgehead atoms. The summed E-state index contributed by atoms with van der Waals surface area (Å²) in [6, 6.07) is 7.37. The van der Waals surface area contributed by atoms with Crippen LogP contribution in [0.25, 0.3) is 0 Å². The van der Waals surface area contributed by atoms with Gasteiger partial charge in [0.25, 0.3) is 0 Å². The van der Waals surface area contributed by atoms with Crippen molar-refractivity contribution in [2.75, 3.05) is 13.2 Å². The standard InChI is InChI=1S/C17H24O3/c1-11-7-8-17(9-18)10-20-16(15(11)12(17)2)13-3-5-14(19)6-4-13/h3-6,11-12,15-16,18-19H,7-10H2,1-2H3. The van der Waals surface area contributed by atoms with Crippen molar-refractivity contribution >= 4 is 0 Å². The zero-order valence-corrected chi connectivity index (χ0v) is 12.2. The SMILES string of the molecule is CC1CCC2(CO)COC(c3ccc(O)cc3)C1C2C. The smallest absolute Gasteiger partial charge is 0.115 e. The lowest BCUT2D eigenvalue weighted by molar-refractivity contribution is -0.191. The second-order valence-corrected chi connectivity index (χ2v) is 6.73. The average molecular weight is 276 g/mol. The van der Waals surface area contributed by atoms with Gasteiger partial charge in [-0.05, 0) is 48.3 Å². The Balaban J connectivity index is 1.92. The molecule has 1 aromatic carbocycles. The normalized spacial score (nSPS) is 40.5. The van der Waals surface area contributed by atoms with Crippen molar-refractivity contribution in [2.24, 2.45) is 23.2 Å². The number of fused-ring (bicyclic) bond motifs is 2. The number of rotatable bonds is 2. The highest BCUT2D eigenvalue weighted by Crippen LogP contribution is 2.56. The minimum Gasteiger partial charge on any atom is -0.508 e. The molecule has 2 N–H and O–H groups in total. The fourth-order valence-corrected chi connectivity index (χ4v) is 4.22. The Kier molecular flexibility index (Phi) is 3.51. The summed E-state index contributed by atoms with van der Waals surface area (Å²) in [7, 11) is 0. The molecule has 3 heteroatoms. The minimum absolute atomic E-state index is 0.0510. The lowest BCUT2D eigenvalue weighted by Gasteiger charge is -2.55. The number of phenols is 1. The van der Waals surface area contributed by atoms with Crippen LogP contribution in [0.2, 0.25) is 0 Å². The molecule has 1 aliphatic heterocycles. The van der Waals surface area contributed by atoms with E-state index in [0.717, 1.165) is 18.4 Å². The molecule has 0 radical (unpaired) electrons. The Bertz CT molecular complexity index is 470. The van der Waals surface area contributed by atoms with Crippen LogP contribution in [-0.2, 0) is 4.74 Å². The van der Waals surface area contributed by atoms with E-state index in [4.69, 9.17) is 4.74 Å². The molecule has 0 aromatic heterocycles. The predicted octanol–water partition coefficient (Wildman–Crippen LogP) is 3.12. The summed E-state index contributed by atoms with van der Waals surface area (Å²) < 4.78 is 6.16. The predicted molar refractivity (Wildman–Crippen MR) is 77.4 cm³/mol. The van der Waals surface area contributed by atoms with Gasteiger partial charge >= 0.3 is 0 Å². The lowest BCUT2D eigenvalue weighted by atomic mass is 9.56. The highest BCUT2D eigenvalue weighted by atomic mass is 16.5. The maximum atomic E-state index is 9.83. The van der Waals surface area contributed by atoms with Gasteiger partial charge in [-0.2, -0.15) is 0 Å². The van der Waals surface area contributed by atoms with Crippen LogP contribution in [-0.4, -0.2) is 23.4 Å². The summed E-state index contributed by atoms with van der Waals surface area (Å²) in [5.41, 5.74) is 1.09. The second kappa shape index (κ2) is 5.05. The second-order valence-electron chi connectivity index (χ2n) is 6.73. The molecule has 2 fully saturated rings. The summed E-state index contributed by atoms with van der Waals surface area (Å²) in [4.78, 5) is 0. The van der Waals surface area contributed by atoms with Gasteiger partial charge in [0.05, 0.1) is 19.3 Å². The van der Waals surface area contributed by atoms with E-state index in [1.165, 1.54) is 0 Å². The van der Waals surface area contributed by atoms with E-state index >= 15 is 0 Å². The van der Waals surface area contributed by atoms with Crippen LogP contribution in [0, 0.1) is 23.2 Å². The first kappa shape index (κ1) is 13.9. The Morgan fingerprint density at radius 2 is 1.95 bits per heavy atom. The molecule has 1 heterocycles. The quantitative estimate of drug-likeness (QED) is 0.872.